The second kappa shape index (κ2) is 6.91. The molecule has 5 nitrogen and oxygen atoms in total. The van der Waals surface area contributed by atoms with Gasteiger partial charge in [0, 0.05) is 18.1 Å². The number of amides is 1. The van der Waals surface area contributed by atoms with Crippen LogP contribution in [0.2, 0.25) is 0 Å². The second-order valence-electron chi connectivity index (χ2n) is 4.93. The van der Waals surface area contributed by atoms with Crippen LogP contribution in [0.15, 0.2) is 53.6 Å². The van der Waals surface area contributed by atoms with Gasteiger partial charge in [-0.15, -0.1) is 0 Å². The predicted octanol–water partition coefficient (Wildman–Crippen LogP) is 2.51. The number of halogens is 1. The molecule has 3 rings (SSSR count). The Morgan fingerprint density at radius 3 is 3.00 bits per heavy atom. The first kappa shape index (κ1) is 15.0. The van der Waals surface area contributed by atoms with Crippen molar-refractivity contribution >= 4 is 11.6 Å². The van der Waals surface area contributed by atoms with Gasteiger partial charge in [0.15, 0.2) is 6.61 Å². The number of rotatable bonds is 4. The molecule has 1 amide bonds. The zero-order valence-corrected chi connectivity index (χ0v) is 12.3. The molecule has 0 aromatic heterocycles. The van der Waals surface area contributed by atoms with Crippen molar-refractivity contribution in [3.8, 4) is 11.5 Å². The largest absolute Gasteiger partial charge is 0.492 e. The highest BCUT2D eigenvalue weighted by Gasteiger charge is 2.16. The second-order valence-corrected chi connectivity index (χ2v) is 4.93. The smallest absolute Gasteiger partial charge is 0.277 e. The van der Waals surface area contributed by atoms with Gasteiger partial charge in [-0.2, -0.15) is 5.10 Å². The Kier molecular flexibility index (Phi) is 4.52. The summed E-state index contributed by atoms with van der Waals surface area (Å²) in [7, 11) is 0. The minimum Gasteiger partial charge on any atom is -0.492 e. The van der Waals surface area contributed by atoms with Crippen molar-refractivity contribution in [3.05, 3.63) is 59.9 Å². The molecule has 1 aliphatic rings. The van der Waals surface area contributed by atoms with E-state index in [1.807, 2.05) is 24.3 Å². The van der Waals surface area contributed by atoms with Crippen LogP contribution in [0.1, 0.15) is 12.0 Å². The molecule has 0 spiro atoms. The molecular formula is C17H15FN2O3. The van der Waals surface area contributed by atoms with Crippen LogP contribution in [0.4, 0.5) is 4.39 Å². The minimum absolute atomic E-state index is 0.238. The highest BCUT2D eigenvalue weighted by atomic mass is 19.1. The van der Waals surface area contributed by atoms with E-state index in [0.29, 0.717) is 18.8 Å². The lowest BCUT2D eigenvalue weighted by Crippen LogP contribution is -2.27. The quantitative estimate of drug-likeness (QED) is 0.882. The molecule has 0 radical (unpaired) electrons. The third kappa shape index (κ3) is 3.85. The van der Waals surface area contributed by atoms with Gasteiger partial charge < -0.3 is 9.47 Å². The van der Waals surface area contributed by atoms with Gasteiger partial charge in [0.05, 0.1) is 12.3 Å². The molecule has 0 saturated heterocycles. The topological polar surface area (TPSA) is 59.9 Å². The van der Waals surface area contributed by atoms with Gasteiger partial charge in [-0.25, -0.2) is 9.82 Å². The fourth-order valence-corrected chi connectivity index (χ4v) is 2.21. The molecule has 2 aromatic rings. The van der Waals surface area contributed by atoms with Crippen LogP contribution in [-0.4, -0.2) is 24.8 Å². The molecule has 118 valence electrons. The van der Waals surface area contributed by atoms with Crippen molar-refractivity contribution in [3.63, 3.8) is 0 Å². The molecule has 0 atom stereocenters. The van der Waals surface area contributed by atoms with E-state index in [0.717, 1.165) is 17.0 Å². The number of carbonyl (C=O) groups excluding carboxylic acids is 1. The van der Waals surface area contributed by atoms with Crippen molar-refractivity contribution in [2.45, 2.75) is 6.42 Å². The van der Waals surface area contributed by atoms with E-state index in [1.54, 1.807) is 6.07 Å². The first-order valence-electron chi connectivity index (χ1n) is 7.18. The molecular weight excluding hydrogens is 299 g/mol. The molecule has 23 heavy (non-hydrogen) atoms. The van der Waals surface area contributed by atoms with Crippen LogP contribution in [0.5, 0.6) is 11.5 Å². The fourth-order valence-electron chi connectivity index (χ4n) is 2.21. The normalized spacial score (nSPS) is 14.7. The molecule has 0 bridgehead atoms. The predicted molar refractivity (Wildman–Crippen MR) is 83.1 cm³/mol. The number of ether oxygens (including phenoxy) is 2. The summed E-state index contributed by atoms with van der Waals surface area (Å²) < 4.78 is 23.7. The molecule has 0 saturated carbocycles. The number of nitrogens with zero attached hydrogens (tertiary/aromatic N) is 1. The third-order valence-corrected chi connectivity index (χ3v) is 3.28. The minimum atomic E-state index is -0.415. The van der Waals surface area contributed by atoms with Gasteiger partial charge in [0.25, 0.3) is 5.91 Å². The summed E-state index contributed by atoms with van der Waals surface area (Å²) in [5.41, 5.74) is 4.07. The summed E-state index contributed by atoms with van der Waals surface area (Å²) in [5.74, 6) is 0.222. The summed E-state index contributed by atoms with van der Waals surface area (Å²) in [6, 6.07) is 13.1. The summed E-state index contributed by atoms with van der Waals surface area (Å²) in [5, 5.41) is 4.14. The lowest BCUT2D eigenvalue weighted by molar-refractivity contribution is -0.123. The zero-order chi connectivity index (χ0) is 16.1. The number of nitrogens with one attached hydrogen (secondary N) is 1. The Bertz CT molecular complexity index is 746. The van der Waals surface area contributed by atoms with E-state index >= 15 is 0 Å². The van der Waals surface area contributed by atoms with E-state index in [1.165, 1.54) is 18.2 Å². The third-order valence-electron chi connectivity index (χ3n) is 3.28. The average molecular weight is 314 g/mol. The molecule has 1 aliphatic heterocycles. The van der Waals surface area contributed by atoms with E-state index in [-0.39, 0.29) is 6.61 Å². The molecule has 0 unspecified atom stereocenters. The van der Waals surface area contributed by atoms with Crippen LogP contribution in [0.3, 0.4) is 0 Å². The van der Waals surface area contributed by atoms with Crippen molar-refractivity contribution in [2.24, 2.45) is 5.10 Å². The lowest BCUT2D eigenvalue weighted by Gasteiger charge is -2.18. The average Bonchev–Trinajstić information content (AvgIpc) is 2.58. The summed E-state index contributed by atoms with van der Waals surface area (Å²) in [6.07, 6.45) is 0.613. The van der Waals surface area contributed by atoms with E-state index in [4.69, 9.17) is 9.47 Å². The van der Waals surface area contributed by atoms with E-state index in [9.17, 15) is 9.18 Å². The summed E-state index contributed by atoms with van der Waals surface area (Å²) in [6.45, 7) is 0.282. The maximum absolute atomic E-state index is 13.0. The van der Waals surface area contributed by atoms with Crippen LogP contribution < -0.4 is 14.9 Å². The number of para-hydroxylation sites is 1. The van der Waals surface area contributed by atoms with Gasteiger partial charge >= 0.3 is 0 Å². The van der Waals surface area contributed by atoms with Gasteiger partial charge in [-0.05, 0) is 24.3 Å². The van der Waals surface area contributed by atoms with Crippen molar-refractivity contribution in [1.29, 1.82) is 0 Å². The summed E-state index contributed by atoms with van der Waals surface area (Å²) >= 11 is 0. The van der Waals surface area contributed by atoms with Gasteiger partial charge in [-0.3, -0.25) is 4.79 Å². The van der Waals surface area contributed by atoms with Gasteiger partial charge in [-0.1, -0.05) is 18.2 Å². The first-order chi connectivity index (χ1) is 11.2. The monoisotopic (exact) mass is 314 g/mol. The van der Waals surface area contributed by atoms with Crippen LogP contribution in [0, 0.1) is 5.82 Å². The Hall–Kier alpha value is -2.89. The molecule has 1 N–H and O–H groups in total. The van der Waals surface area contributed by atoms with Gasteiger partial charge in [0.2, 0.25) is 0 Å². The van der Waals surface area contributed by atoms with Crippen molar-refractivity contribution in [2.75, 3.05) is 13.2 Å². The lowest BCUT2D eigenvalue weighted by atomic mass is 10.0. The fraction of sp³-hybridized carbons (Fsp3) is 0.176. The van der Waals surface area contributed by atoms with Crippen LogP contribution in [0.25, 0.3) is 0 Å². The molecule has 0 fully saturated rings. The number of carbonyl (C=O) groups is 1. The number of fused-ring (bicyclic) bond motifs is 1. The number of benzene rings is 2. The number of hydrogen-bond donors (Lipinski definition) is 1. The number of hydrogen-bond acceptors (Lipinski definition) is 4. The highest BCUT2D eigenvalue weighted by Crippen LogP contribution is 2.24. The van der Waals surface area contributed by atoms with E-state index < -0.39 is 11.7 Å². The maximum Gasteiger partial charge on any atom is 0.277 e. The van der Waals surface area contributed by atoms with Crippen LogP contribution in [-0.2, 0) is 4.79 Å². The Morgan fingerprint density at radius 1 is 1.26 bits per heavy atom. The molecule has 1 heterocycles. The molecule has 6 heteroatoms. The Morgan fingerprint density at radius 2 is 2.13 bits per heavy atom. The Labute approximate surface area is 132 Å². The zero-order valence-electron chi connectivity index (χ0n) is 12.3. The highest BCUT2D eigenvalue weighted by molar-refractivity contribution is 6.04. The molecule has 2 aromatic carbocycles. The number of hydrazone groups is 1. The standard InChI is InChI=1S/C17H15FN2O3/c18-12-4-3-5-13(10-12)23-11-17(21)20-19-15-8-9-22-16-7-2-1-6-14(15)16/h1-7,10H,8-9,11H2,(H,20,21)/b19-15-. The van der Waals surface area contributed by atoms with Crippen LogP contribution >= 0.6 is 0 Å². The van der Waals surface area contributed by atoms with Crippen molar-refractivity contribution in [1.82, 2.24) is 5.43 Å². The van der Waals surface area contributed by atoms with Crippen molar-refractivity contribution < 1.29 is 18.7 Å². The van der Waals surface area contributed by atoms with Gasteiger partial charge in [0.1, 0.15) is 17.3 Å². The molecule has 0 aliphatic carbocycles. The maximum atomic E-state index is 13.0. The SMILES string of the molecule is O=C(COc1cccc(F)c1)N/N=C1/CCOc2ccccc21. The summed E-state index contributed by atoms with van der Waals surface area (Å²) in [4.78, 5) is 11.8. The first-order valence-corrected chi connectivity index (χ1v) is 7.18. The van der Waals surface area contributed by atoms with E-state index in [2.05, 4.69) is 10.5 Å². The Balaban J connectivity index is 1.59.